The Hall–Kier alpha value is -0.660. The van der Waals surface area contributed by atoms with Crippen molar-refractivity contribution in [3.63, 3.8) is 0 Å². The van der Waals surface area contributed by atoms with Gasteiger partial charge in [-0.2, -0.15) is 4.31 Å². The van der Waals surface area contributed by atoms with Crippen molar-refractivity contribution in [2.75, 3.05) is 13.6 Å². The number of aryl methyl sites for hydroxylation is 1. The molecular weight excluding hydrogens is 260 g/mol. The van der Waals surface area contributed by atoms with Crippen molar-refractivity contribution in [3.05, 3.63) is 15.4 Å². The van der Waals surface area contributed by atoms with Crippen LogP contribution < -0.4 is 4.87 Å². The number of hydrogen-bond acceptors (Lipinski definition) is 4. The van der Waals surface area contributed by atoms with E-state index in [2.05, 4.69) is 4.98 Å². The fourth-order valence-corrected chi connectivity index (χ4v) is 4.42. The van der Waals surface area contributed by atoms with Gasteiger partial charge in [0.25, 0.3) is 10.0 Å². The second-order valence-electron chi connectivity index (χ2n) is 5.25. The number of thiazole rings is 1. The molecule has 0 bridgehead atoms. The van der Waals surface area contributed by atoms with E-state index >= 15 is 0 Å². The average molecular weight is 278 g/mol. The Labute approximate surface area is 106 Å². The van der Waals surface area contributed by atoms with Crippen LogP contribution in [0.4, 0.5) is 0 Å². The molecule has 98 valence electrons. The first-order chi connectivity index (χ1) is 7.54. The third kappa shape index (κ3) is 3.40. The molecule has 0 atom stereocenters. The first kappa shape index (κ1) is 14.4. The van der Waals surface area contributed by atoms with Gasteiger partial charge >= 0.3 is 4.87 Å². The summed E-state index contributed by atoms with van der Waals surface area (Å²) in [6, 6.07) is 0. The summed E-state index contributed by atoms with van der Waals surface area (Å²) >= 11 is 0.735. The van der Waals surface area contributed by atoms with Crippen molar-refractivity contribution in [2.24, 2.45) is 5.41 Å². The summed E-state index contributed by atoms with van der Waals surface area (Å²) < 4.78 is 25.8. The zero-order valence-corrected chi connectivity index (χ0v) is 12.3. The van der Waals surface area contributed by atoms with Crippen molar-refractivity contribution in [1.29, 1.82) is 0 Å². The van der Waals surface area contributed by atoms with Crippen molar-refractivity contribution >= 4 is 21.4 Å². The molecule has 1 rings (SSSR count). The molecule has 0 saturated heterocycles. The molecule has 0 aliphatic heterocycles. The van der Waals surface area contributed by atoms with Crippen LogP contribution in [0.15, 0.2) is 9.00 Å². The standard InChI is InChI=1S/C10H18N2O3S2/c1-7-8(16-9(13)11-7)17(14,15)12(5)6-10(2,3)4/h6H2,1-5H3,(H,11,13). The van der Waals surface area contributed by atoms with Gasteiger partial charge in [-0.3, -0.25) is 4.79 Å². The predicted molar refractivity (Wildman–Crippen MR) is 68.9 cm³/mol. The highest BCUT2D eigenvalue weighted by atomic mass is 32.2. The molecule has 0 aromatic carbocycles. The van der Waals surface area contributed by atoms with Gasteiger partial charge in [-0.05, 0) is 12.3 Å². The lowest BCUT2D eigenvalue weighted by molar-refractivity contribution is 0.311. The normalized spacial score (nSPS) is 13.3. The summed E-state index contributed by atoms with van der Waals surface area (Å²) in [6.07, 6.45) is 0. The minimum atomic E-state index is -3.56. The molecule has 0 fully saturated rings. The van der Waals surface area contributed by atoms with Gasteiger partial charge < -0.3 is 4.98 Å². The molecular formula is C10H18N2O3S2. The Morgan fingerprint density at radius 1 is 1.35 bits per heavy atom. The highest BCUT2D eigenvalue weighted by molar-refractivity contribution is 7.91. The Bertz CT molecular complexity index is 549. The summed E-state index contributed by atoms with van der Waals surface area (Å²) in [5.41, 5.74) is 0.275. The Balaban J connectivity index is 3.12. The number of nitrogens with zero attached hydrogens (tertiary/aromatic N) is 1. The van der Waals surface area contributed by atoms with Gasteiger partial charge in [-0.15, -0.1) is 0 Å². The summed E-state index contributed by atoms with van der Waals surface area (Å²) in [7, 11) is -2.03. The molecule has 0 saturated carbocycles. The minimum absolute atomic E-state index is 0.106. The molecule has 0 spiro atoms. The quantitative estimate of drug-likeness (QED) is 0.909. The maximum absolute atomic E-state index is 12.2. The van der Waals surface area contributed by atoms with Crippen LogP contribution in [0.3, 0.4) is 0 Å². The van der Waals surface area contributed by atoms with Crippen molar-refractivity contribution < 1.29 is 8.42 Å². The highest BCUT2D eigenvalue weighted by Gasteiger charge is 2.28. The van der Waals surface area contributed by atoms with Crippen LogP contribution in [0.1, 0.15) is 26.5 Å². The smallest absolute Gasteiger partial charge is 0.305 e. The molecule has 1 heterocycles. The van der Waals surface area contributed by atoms with Gasteiger partial charge in [-0.25, -0.2) is 8.42 Å². The zero-order chi connectivity index (χ0) is 13.4. The number of nitrogens with one attached hydrogen (secondary N) is 1. The minimum Gasteiger partial charge on any atom is -0.315 e. The number of sulfonamides is 1. The molecule has 5 nitrogen and oxygen atoms in total. The number of H-pyrrole nitrogens is 1. The number of rotatable bonds is 3. The fourth-order valence-electron chi connectivity index (χ4n) is 1.53. The SMILES string of the molecule is Cc1[nH]c(=O)sc1S(=O)(=O)N(C)CC(C)(C)C. The first-order valence-electron chi connectivity index (χ1n) is 5.20. The van der Waals surface area contributed by atoms with E-state index in [1.165, 1.54) is 11.4 Å². The summed E-state index contributed by atoms with van der Waals surface area (Å²) in [5, 5.41) is 0. The Morgan fingerprint density at radius 2 is 1.88 bits per heavy atom. The van der Waals surface area contributed by atoms with Crippen LogP contribution in [-0.4, -0.2) is 31.3 Å². The lowest BCUT2D eigenvalue weighted by Gasteiger charge is -2.25. The van der Waals surface area contributed by atoms with E-state index in [-0.39, 0.29) is 14.5 Å². The van der Waals surface area contributed by atoms with Crippen molar-refractivity contribution in [1.82, 2.24) is 9.29 Å². The third-order valence-corrected chi connectivity index (χ3v) is 5.51. The second kappa shape index (κ2) is 4.55. The van der Waals surface area contributed by atoms with Crippen LogP contribution in [0.25, 0.3) is 0 Å². The predicted octanol–water partition coefficient (Wildman–Crippen LogP) is 1.41. The van der Waals surface area contributed by atoms with Gasteiger partial charge in [0.1, 0.15) is 0 Å². The van der Waals surface area contributed by atoms with E-state index in [1.54, 1.807) is 6.92 Å². The van der Waals surface area contributed by atoms with Crippen LogP contribution in [-0.2, 0) is 10.0 Å². The van der Waals surface area contributed by atoms with Gasteiger partial charge in [0.2, 0.25) is 0 Å². The monoisotopic (exact) mass is 278 g/mol. The molecule has 7 heteroatoms. The van der Waals surface area contributed by atoms with Crippen LogP contribution in [0.2, 0.25) is 0 Å². The van der Waals surface area contributed by atoms with Gasteiger partial charge in [-0.1, -0.05) is 32.1 Å². The van der Waals surface area contributed by atoms with Crippen molar-refractivity contribution in [3.8, 4) is 0 Å². The van der Waals surface area contributed by atoms with Crippen LogP contribution >= 0.6 is 11.3 Å². The van der Waals surface area contributed by atoms with Gasteiger partial charge in [0, 0.05) is 19.3 Å². The first-order valence-corrected chi connectivity index (χ1v) is 7.46. The maximum atomic E-state index is 12.2. The van der Waals surface area contributed by atoms with E-state index in [0.29, 0.717) is 12.2 Å². The third-order valence-electron chi connectivity index (χ3n) is 2.12. The fraction of sp³-hybridized carbons (Fsp3) is 0.700. The molecule has 1 aromatic rings. The number of aromatic nitrogens is 1. The van der Waals surface area contributed by atoms with Crippen LogP contribution in [0, 0.1) is 12.3 Å². The summed E-state index contributed by atoms with van der Waals surface area (Å²) in [6.45, 7) is 7.89. The summed E-state index contributed by atoms with van der Waals surface area (Å²) in [4.78, 5) is 13.3. The maximum Gasteiger partial charge on any atom is 0.305 e. The molecule has 17 heavy (non-hydrogen) atoms. The Kier molecular flexibility index (Phi) is 3.85. The number of hydrogen-bond donors (Lipinski definition) is 1. The van der Waals surface area contributed by atoms with Crippen molar-refractivity contribution in [2.45, 2.75) is 31.9 Å². The van der Waals surface area contributed by atoms with E-state index in [4.69, 9.17) is 0 Å². The van der Waals surface area contributed by atoms with E-state index in [1.807, 2.05) is 20.8 Å². The molecule has 0 aliphatic rings. The Morgan fingerprint density at radius 3 is 2.24 bits per heavy atom. The summed E-state index contributed by atoms with van der Waals surface area (Å²) in [5.74, 6) is 0. The molecule has 0 amide bonds. The van der Waals surface area contributed by atoms with Crippen LogP contribution in [0.5, 0.6) is 0 Å². The van der Waals surface area contributed by atoms with E-state index in [0.717, 1.165) is 11.3 Å². The van der Waals surface area contributed by atoms with E-state index < -0.39 is 10.0 Å². The second-order valence-corrected chi connectivity index (χ2v) is 8.47. The molecule has 0 radical (unpaired) electrons. The number of aromatic amines is 1. The average Bonchev–Trinajstić information content (AvgIpc) is 2.42. The topological polar surface area (TPSA) is 70.2 Å². The highest BCUT2D eigenvalue weighted by Crippen LogP contribution is 2.23. The molecule has 0 unspecified atom stereocenters. The molecule has 1 aromatic heterocycles. The van der Waals surface area contributed by atoms with Gasteiger partial charge in [0.05, 0.1) is 0 Å². The van der Waals surface area contributed by atoms with E-state index in [9.17, 15) is 13.2 Å². The zero-order valence-electron chi connectivity index (χ0n) is 10.7. The largest absolute Gasteiger partial charge is 0.315 e. The lowest BCUT2D eigenvalue weighted by atomic mass is 9.97. The molecule has 1 N–H and O–H groups in total. The lowest BCUT2D eigenvalue weighted by Crippen LogP contribution is -2.34. The van der Waals surface area contributed by atoms with Gasteiger partial charge in [0.15, 0.2) is 4.21 Å². The molecule has 0 aliphatic carbocycles.